The molecule has 0 aromatic heterocycles. The zero-order chi connectivity index (χ0) is 15.4. The number of hydrogen-bond donors (Lipinski definition) is 1. The van der Waals surface area contributed by atoms with Gasteiger partial charge in [-0.25, -0.2) is 0 Å². The average molecular weight is 291 g/mol. The lowest BCUT2D eigenvalue weighted by molar-refractivity contribution is -0.141. The highest BCUT2D eigenvalue weighted by Crippen LogP contribution is 2.23. The minimum Gasteiger partial charge on any atom is -0.492 e. The van der Waals surface area contributed by atoms with E-state index in [1.165, 1.54) is 11.1 Å². The second kappa shape index (κ2) is 6.94. The maximum absolute atomic E-state index is 10.9. The van der Waals surface area contributed by atoms with Crippen molar-refractivity contribution >= 4 is 5.97 Å². The van der Waals surface area contributed by atoms with Crippen LogP contribution >= 0.6 is 0 Å². The van der Waals surface area contributed by atoms with Crippen LogP contribution in [0.15, 0.2) is 18.2 Å². The van der Waals surface area contributed by atoms with Gasteiger partial charge in [0.25, 0.3) is 0 Å². The van der Waals surface area contributed by atoms with Crippen LogP contribution < -0.4 is 4.74 Å². The molecule has 1 atom stereocenters. The summed E-state index contributed by atoms with van der Waals surface area (Å²) in [6.45, 7) is 9.38. The number of ether oxygens (including phenoxy) is 1. The van der Waals surface area contributed by atoms with Crippen molar-refractivity contribution in [3.05, 3.63) is 29.3 Å². The predicted molar refractivity (Wildman–Crippen MR) is 82.9 cm³/mol. The fraction of sp³-hybridized carbons (Fsp3) is 0.588. The molecule has 1 aliphatic heterocycles. The molecule has 116 valence electrons. The molecular formula is C17H25NO3. The Morgan fingerprint density at radius 1 is 1.48 bits per heavy atom. The lowest BCUT2D eigenvalue weighted by Gasteiger charge is -2.16. The third kappa shape index (κ3) is 4.21. The number of aryl methyl sites for hydroxylation is 1. The predicted octanol–water partition coefficient (Wildman–Crippen LogP) is 2.90. The smallest absolute Gasteiger partial charge is 0.307 e. The Labute approximate surface area is 126 Å². The number of hydrogen-bond acceptors (Lipinski definition) is 3. The van der Waals surface area contributed by atoms with Crippen molar-refractivity contribution in [2.45, 2.75) is 33.1 Å². The van der Waals surface area contributed by atoms with Gasteiger partial charge in [-0.2, -0.15) is 0 Å². The van der Waals surface area contributed by atoms with Gasteiger partial charge in [0.15, 0.2) is 0 Å². The lowest BCUT2D eigenvalue weighted by atomic mass is 9.98. The minimum absolute atomic E-state index is 0.211. The second-order valence-electron chi connectivity index (χ2n) is 6.15. The molecule has 1 aliphatic rings. The topological polar surface area (TPSA) is 49.8 Å². The molecule has 1 aromatic carbocycles. The van der Waals surface area contributed by atoms with Crippen LogP contribution in [-0.2, 0) is 4.79 Å². The summed E-state index contributed by atoms with van der Waals surface area (Å²) in [4.78, 5) is 13.1. The third-order valence-corrected chi connectivity index (χ3v) is 4.16. The van der Waals surface area contributed by atoms with Crippen LogP contribution in [0.25, 0.3) is 0 Å². The average Bonchev–Trinajstić information content (AvgIpc) is 2.87. The minimum atomic E-state index is -0.682. The molecule has 0 saturated carbocycles. The summed E-state index contributed by atoms with van der Waals surface area (Å²) in [6, 6.07) is 6.23. The summed E-state index contributed by atoms with van der Waals surface area (Å²) in [6.07, 6.45) is 0.748. The number of carboxylic acids is 1. The molecule has 0 bridgehead atoms. The molecule has 1 fully saturated rings. The van der Waals surface area contributed by atoms with Crippen LogP contribution in [0.3, 0.4) is 0 Å². The van der Waals surface area contributed by atoms with Crippen molar-refractivity contribution in [1.82, 2.24) is 4.90 Å². The fourth-order valence-electron chi connectivity index (χ4n) is 2.92. The zero-order valence-corrected chi connectivity index (χ0v) is 13.1. The second-order valence-corrected chi connectivity index (χ2v) is 6.15. The summed E-state index contributed by atoms with van der Waals surface area (Å²) in [5.74, 6) is 0.526. The van der Waals surface area contributed by atoms with Crippen LogP contribution in [0.1, 0.15) is 37.3 Å². The Morgan fingerprint density at radius 3 is 2.81 bits per heavy atom. The highest BCUT2D eigenvalue weighted by atomic mass is 16.5. The Hall–Kier alpha value is -1.55. The highest BCUT2D eigenvalue weighted by molar-refractivity contribution is 5.70. The molecule has 1 heterocycles. The molecule has 4 nitrogen and oxygen atoms in total. The summed E-state index contributed by atoms with van der Waals surface area (Å²) in [5.41, 5.74) is 2.61. The molecule has 1 N–H and O–H groups in total. The molecule has 1 saturated heterocycles. The molecule has 0 radical (unpaired) electrons. The summed E-state index contributed by atoms with van der Waals surface area (Å²) in [5, 5.41) is 8.98. The van der Waals surface area contributed by atoms with E-state index in [0.717, 1.165) is 25.3 Å². The maximum Gasteiger partial charge on any atom is 0.307 e. The first-order chi connectivity index (χ1) is 9.97. The molecule has 0 unspecified atom stereocenters. The Bertz CT molecular complexity index is 499. The van der Waals surface area contributed by atoms with E-state index in [2.05, 4.69) is 37.8 Å². The van der Waals surface area contributed by atoms with E-state index in [9.17, 15) is 4.79 Å². The third-order valence-electron chi connectivity index (χ3n) is 4.16. The molecule has 4 heteroatoms. The number of likely N-dealkylation sites (tertiary alicyclic amines) is 1. The van der Waals surface area contributed by atoms with E-state index < -0.39 is 5.97 Å². The van der Waals surface area contributed by atoms with Crippen LogP contribution in [0, 0.1) is 12.8 Å². The van der Waals surface area contributed by atoms with E-state index in [0.29, 0.717) is 19.1 Å². The Kier molecular flexibility index (Phi) is 5.23. The van der Waals surface area contributed by atoms with Crippen LogP contribution in [0.5, 0.6) is 5.75 Å². The van der Waals surface area contributed by atoms with Crippen molar-refractivity contribution in [3.63, 3.8) is 0 Å². The van der Waals surface area contributed by atoms with E-state index in [4.69, 9.17) is 9.84 Å². The number of aliphatic carboxylic acids is 1. The van der Waals surface area contributed by atoms with E-state index in [1.54, 1.807) is 0 Å². The quantitative estimate of drug-likeness (QED) is 0.875. The number of benzene rings is 1. The van der Waals surface area contributed by atoms with Gasteiger partial charge >= 0.3 is 5.97 Å². The van der Waals surface area contributed by atoms with Crippen LogP contribution in [0.2, 0.25) is 0 Å². The maximum atomic E-state index is 10.9. The molecule has 0 spiro atoms. The zero-order valence-electron chi connectivity index (χ0n) is 13.1. The Morgan fingerprint density at radius 2 is 2.24 bits per heavy atom. The van der Waals surface area contributed by atoms with Crippen molar-refractivity contribution < 1.29 is 14.6 Å². The van der Waals surface area contributed by atoms with Crippen LogP contribution in [0.4, 0.5) is 0 Å². The number of carboxylic acid groups (broad SMARTS) is 1. The van der Waals surface area contributed by atoms with Gasteiger partial charge in [0.2, 0.25) is 0 Å². The molecule has 21 heavy (non-hydrogen) atoms. The summed E-state index contributed by atoms with van der Waals surface area (Å²) in [7, 11) is 0. The van der Waals surface area contributed by atoms with E-state index >= 15 is 0 Å². The van der Waals surface area contributed by atoms with Gasteiger partial charge in [0.05, 0.1) is 5.92 Å². The first-order valence-electron chi connectivity index (χ1n) is 7.66. The van der Waals surface area contributed by atoms with Gasteiger partial charge in [0, 0.05) is 13.1 Å². The normalized spacial score (nSPS) is 19.1. The van der Waals surface area contributed by atoms with Gasteiger partial charge < -0.3 is 9.84 Å². The molecular weight excluding hydrogens is 266 g/mol. The van der Waals surface area contributed by atoms with Gasteiger partial charge in [-0.05, 0) is 49.1 Å². The molecule has 0 amide bonds. The first-order valence-corrected chi connectivity index (χ1v) is 7.66. The molecule has 1 aromatic rings. The Balaban J connectivity index is 1.79. The first kappa shape index (κ1) is 15.8. The van der Waals surface area contributed by atoms with E-state index in [-0.39, 0.29) is 5.92 Å². The molecule has 0 aliphatic carbocycles. The van der Waals surface area contributed by atoms with Gasteiger partial charge in [-0.1, -0.05) is 19.9 Å². The van der Waals surface area contributed by atoms with Crippen molar-refractivity contribution in [1.29, 1.82) is 0 Å². The van der Waals surface area contributed by atoms with Crippen LogP contribution in [-0.4, -0.2) is 42.2 Å². The van der Waals surface area contributed by atoms with Gasteiger partial charge in [-0.15, -0.1) is 0 Å². The van der Waals surface area contributed by atoms with Crippen molar-refractivity contribution in [3.8, 4) is 5.75 Å². The van der Waals surface area contributed by atoms with Crippen molar-refractivity contribution in [2.75, 3.05) is 26.2 Å². The van der Waals surface area contributed by atoms with Gasteiger partial charge in [-0.3, -0.25) is 9.69 Å². The highest BCUT2D eigenvalue weighted by Gasteiger charge is 2.27. The fourth-order valence-corrected chi connectivity index (χ4v) is 2.92. The lowest BCUT2D eigenvalue weighted by Crippen LogP contribution is -2.27. The van der Waals surface area contributed by atoms with Crippen molar-refractivity contribution in [2.24, 2.45) is 5.92 Å². The number of carbonyl (C=O) groups is 1. The number of nitrogens with zero attached hydrogens (tertiary/aromatic N) is 1. The number of rotatable bonds is 6. The van der Waals surface area contributed by atoms with E-state index in [1.807, 2.05) is 6.07 Å². The standard InChI is InChI=1S/C17H25NO3/c1-12(2)16-5-4-15(10-13(16)3)21-9-8-18-7-6-14(11-18)17(19)20/h4-5,10,12,14H,6-9,11H2,1-3H3,(H,19,20)/t14-/m1/s1. The largest absolute Gasteiger partial charge is 0.492 e. The molecule has 2 rings (SSSR count). The monoisotopic (exact) mass is 291 g/mol. The summed E-state index contributed by atoms with van der Waals surface area (Å²) >= 11 is 0. The SMILES string of the molecule is Cc1cc(OCCN2CC[C@@H](C(=O)O)C2)ccc1C(C)C. The van der Waals surface area contributed by atoms with Gasteiger partial charge in [0.1, 0.15) is 12.4 Å². The summed E-state index contributed by atoms with van der Waals surface area (Å²) < 4.78 is 5.79.